The van der Waals surface area contributed by atoms with E-state index < -0.39 is 28.8 Å². The van der Waals surface area contributed by atoms with Crippen LogP contribution in [0.2, 0.25) is 0 Å². The molecule has 0 saturated heterocycles. The first kappa shape index (κ1) is 22.0. The van der Waals surface area contributed by atoms with Gasteiger partial charge in [0.25, 0.3) is 5.91 Å². The number of carbonyl (C=O) groups excluding carboxylic acids is 1. The van der Waals surface area contributed by atoms with Crippen LogP contribution in [0.4, 0.5) is 18.9 Å². The molecule has 0 saturated carbocycles. The first-order chi connectivity index (χ1) is 13.6. The molecule has 2 rings (SSSR count). The molecular weight excluding hydrogens is 389 g/mol. The lowest BCUT2D eigenvalue weighted by atomic mass is 10.0. The van der Waals surface area contributed by atoms with Gasteiger partial charge >= 0.3 is 6.18 Å². The number of halogens is 3. The highest BCUT2D eigenvalue weighted by Gasteiger charge is 2.35. The number of hydrogen-bond donors (Lipinski definition) is 3. The second-order valence-corrected chi connectivity index (χ2v) is 6.30. The zero-order valence-electron chi connectivity index (χ0n) is 15.3. The van der Waals surface area contributed by atoms with Crippen molar-refractivity contribution in [2.75, 3.05) is 11.9 Å². The molecule has 0 spiro atoms. The Balaban J connectivity index is 2.14. The summed E-state index contributed by atoms with van der Waals surface area (Å²) in [6.07, 6.45) is -1.59. The van der Waals surface area contributed by atoms with E-state index in [1.807, 2.05) is 0 Å². The van der Waals surface area contributed by atoms with Gasteiger partial charge in [0.15, 0.2) is 5.60 Å². The number of aromatic nitrogens is 2. The van der Waals surface area contributed by atoms with Crippen molar-refractivity contribution in [3.63, 3.8) is 0 Å². The second kappa shape index (κ2) is 8.78. The molecule has 1 aromatic carbocycles. The normalized spacial score (nSPS) is 13.0. The predicted octanol–water partition coefficient (Wildman–Crippen LogP) is 1.90. The van der Waals surface area contributed by atoms with Crippen molar-refractivity contribution < 1.29 is 28.2 Å². The third-order valence-electron chi connectivity index (χ3n) is 3.77. The zero-order valence-corrected chi connectivity index (χ0v) is 15.3. The average molecular weight is 406 g/mol. The van der Waals surface area contributed by atoms with E-state index >= 15 is 0 Å². The molecule has 1 atom stereocenters. The fourth-order valence-corrected chi connectivity index (χ4v) is 2.34. The molecule has 1 heterocycles. The number of benzene rings is 1. The topological polar surface area (TPSA) is 111 Å². The summed E-state index contributed by atoms with van der Waals surface area (Å²) < 4.78 is 40.4. The Labute approximate surface area is 164 Å². The number of nitriles is 1. The molecule has 0 fully saturated rings. The number of carbonyl (C=O) groups is 1. The van der Waals surface area contributed by atoms with E-state index in [4.69, 9.17) is 10.4 Å². The Morgan fingerprint density at radius 1 is 1.38 bits per heavy atom. The van der Waals surface area contributed by atoms with E-state index in [0.29, 0.717) is 11.6 Å². The van der Waals surface area contributed by atoms with Gasteiger partial charge < -0.3 is 15.5 Å². The molecule has 0 aliphatic carbocycles. The number of rotatable bonds is 5. The van der Waals surface area contributed by atoms with Gasteiger partial charge in [-0.2, -0.15) is 23.5 Å². The molecule has 2 aromatic rings. The number of nitrogens with zero attached hydrogens (tertiary/aromatic N) is 3. The van der Waals surface area contributed by atoms with Crippen LogP contribution in [0.15, 0.2) is 30.6 Å². The van der Waals surface area contributed by atoms with Crippen LogP contribution in [-0.2, 0) is 17.5 Å². The zero-order chi connectivity index (χ0) is 21.7. The Hall–Kier alpha value is -3.34. The fourth-order valence-electron chi connectivity index (χ4n) is 2.34. The van der Waals surface area contributed by atoms with E-state index in [2.05, 4.69) is 22.3 Å². The van der Waals surface area contributed by atoms with E-state index in [0.717, 1.165) is 12.1 Å². The fraction of sp³-hybridized carbons (Fsp3) is 0.316. The number of aliphatic hydroxyl groups is 2. The van der Waals surface area contributed by atoms with Crippen molar-refractivity contribution >= 4 is 11.6 Å². The summed E-state index contributed by atoms with van der Waals surface area (Å²) in [5.74, 6) is 4.50. The van der Waals surface area contributed by atoms with Crippen LogP contribution in [-0.4, -0.2) is 38.1 Å². The summed E-state index contributed by atoms with van der Waals surface area (Å²) in [5, 5.41) is 34.1. The molecule has 3 N–H and O–H groups in total. The van der Waals surface area contributed by atoms with Gasteiger partial charge in [0.2, 0.25) is 0 Å². The van der Waals surface area contributed by atoms with E-state index in [-0.39, 0.29) is 25.3 Å². The third kappa shape index (κ3) is 5.82. The van der Waals surface area contributed by atoms with E-state index in [9.17, 15) is 23.1 Å². The number of anilines is 1. The lowest BCUT2D eigenvalue weighted by Crippen LogP contribution is -2.43. The van der Waals surface area contributed by atoms with Crippen molar-refractivity contribution in [3.8, 4) is 17.9 Å². The SMILES string of the molecule is C[C@](O)(Cn1cc(C#CCCO)cn1)C(=O)Nc1ccc(C#N)c(C(F)(F)F)c1. The molecule has 29 heavy (non-hydrogen) atoms. The largest absolute Gasteiger partial charge is 0.417 e. The Bertz CT molecular complexity index is 995. The van der Waals surface area contributed by atoms with Crippen LogP contribution in [0.3, 0.4) is 0 Å². The van der Waals surface area contributed by atoms with Gasteiger partial charge in [-0.3, -0.25) is 9.48 Å². The number of hydrogen-bond acceptors (Lipinski definition) is 5. The molecule has 0 radical (unpaired) electrons. The van der Waals surface area contributed by atoms with Crippen LogP contribution in [0.1, 0.15) is 30.0 Å². The Morgan fingerprint density at radius 3 is 2.72 bits per heavy atom. The van der Waals surface area contributed by atoms with Crippen LogP contribution in [0.25, 0.3) is 0 Å². The summed E-state index contributed by atoms with van der Waals surface area (Å²) in [6.45, 7) is 0.833. The Kier molecular flexibility index (Phi) is 6.64. The van der Waals surface area contributed by atoms with Crippen LogP contribution in [0.5, 0.6) is 0 Å². The molecule has 0 unspecified atom stereocenters. The quantitative estimate of drug-likeness (QED) is 0.657. The average Bonchev–Trinajstić information content (AvgIpc) is 3.07. The monoisotopic (exact) mass is 406 g/mol. The van der Waals surface area contributed by atoms with Gasteiger partial charge in [-0.1, -0.05) is 11.8 Å². The molecule has 0 bridgehead atoms. The molecule has 0 aliphatic rings. The number of alkyl halides is 3. The predicted molar refractivity (Wildman–Crippen MR) is 96.2 cm³/mol. The number of aliphatic hydroxyl groups excluding tert-OH is 1. The lowest BCUT2D eigenvalue weighted by molar-refractivity contribution is -0.138. The maximum atomic E-state index is 13.0. The van der Waals surface area contributed by atoms with Gasteiger partial charge in [-0.05, 0) is 25.1 Å². The lowest BCUT2D eigenvalue weighted by Gasteiger charge is -2.22. The van der Waals surface area contributed by atoms with E-state index in [1.54, 1.807) is 0 Å². The summed E-state index contributed by atoms with van der Waals surface area (Å²) in [6, 6.07) is 4.17. The first-order valence-corrected chi connectivity index (χ1v) is 8.34. The number of nitrogens with one attached hydrogen (secondary N) is 1. The minimum absolute atomic E-state index is 0.0819. The molecule has 10 heteroatoms. The molecule has 7 nitrogen and oxygen atoms in total. The van der Waals surface area contributed by atoms with Crippen molar-refractivity contribution in [1.29, 1.82) is 5.26 Å². The maximum absolute atomic E-state index is 13.0. The second-order valence-electron chi connectivity index (χ2n) is 6.30. The van der Waals surface area contributed by atoms with Crippen LogP contribution in [0, 0.1) is 23.2 Å². The van der Waals surface area contributed by atoms with Crippen molar-refractivity contribution in [2.45, 2.75) is 31.7 Å². The summed E-state index contributed by atoms with van der Waals surface area (Å²) >= 11 is 0. The smallest absolute Gasteiger partial charge is 0.395 e. The minimum Gasteiger partial charge on any atom is -0.395 e. The van der Waals surface area contributed by atoms with Crippen molar-refractivity contribution in [2.24, 2.45) is 0 Å². The standard InChI is InChI=1S/C19H17F3N4O3/c1-18(29,12-26-11-13(10-24-26)4-2-3-7-27)17(28)25-15-6-5-14(9-23)16(8-15)19(20,21)22/h5-6,8,10-11,27,29H,3,7,12H2,1H3,(H,25,28)/t18-/m0/s1. The van der Waals surface area contributed by atoms with Crippen molar-refractivity contribution in [1.82, 2.24) is 9.78 Å². The third-order valence-corrected chi connectivity index (χ3v) is 3.77. The summed E-state index contributed by atoms with van der Waals surface area (Å²) in [7, 11) is 0. The molecule has 1 amide bonds. The minimum atomic E-state index is -4.77. The molecule has 1 aromatic heterocycles. The van der Waals surface area contributed by atoms with Crippen molar-refractivity contribution in [3.05, 3.63) is 47.3 Å². The summed E-state index contributed by atoms with van der Waals surface area (Å²) in [5.41, 5.74) is -3.45. The molecule has 152 valence electrons. The maximum Gasteiger partial charge on any atom is 0.417 e. The van der Waals surface area contributed by atoms with Crippen LogP contribution >= 0.6 is 0 Å². The molecule has 0 aliphatic heterocycles. The van der Waals surface area contributed by atoms with Gasteiger partial charge in [-0.25, -0.2) is 0 Å². The first-order valence-electron chi connectivity index (χ1n) is 8.34. The Morgan fingerprint density at radius 2 is 2.10 bits per heavy atom. The highest BCUT2D eigenvalue weighted by atomic mass is 19.4. The van der Waals surface area contributed by atoms with Gasteiger partial charge in [0, 0.05) is 18.3 Å². The van der Waals surface area contributed by atoms with E-state index in [1.165, 1.54) is 30.1 Å². The number of amides is 1. The highest BCUT2D eigenvalue weighted by Crippen LogP contribution is 2.33. The summed E-state index contributed by atoms with van der Waals surface area (Å²) in [4.78, 5) is 12.4. The highest BCUT2D eigenvalue weighted by molar-refractivity contribution is 5.96. The van der Waals surface area contributed by atoms with Gasteiger partial charge in [-0.15, -0.1) is 0 Å². The van der Waals surface area contributed by atoms with Gasteiger partial charge in [0.05, 0.1) is 42.1 Å². The molecular formula is C19H17F3N4O3. The van der Waals surface area contributed by atoms with Crippen LogP contribution < -0.4 is 5.32 Å². The van der Waals surface area contributed by atoms with Gasteiger partial charge in [0.1, 0.15) is 0 Å².